The Balaban J connectivity index is 2.20. The minimum absolute atomic E-state index is 0.0137. The second-order valence-corrected chi connectivity index (χ2v) is 3.43. The summed E-state index contributed by atoms with van der Waals surface area (Å²) in [5, 5.41) is 8.56. The van der Waals surface area contributed by atoms with Crippen LogP contribution in [0, 0.1) is 0 Å². The third-order valence-corrected chi connectivity index (χ3v) is 2.10. The number of hydrogen-bond acceptors (Lipinski definition) is 5. The molecule has 7 nitrogen and oxygen atoms in total. The molecule has 0 aliphatic heterocycles. The van der Waals surface area contributed by atoms with Gasteiger partial charge in [0, 0.05) is 0 Å². The highest BCUT2D eigenvalue weighted by molar-refractivity contribution is 5.97. The number of aromatic nitrogens is 4. The summed E-state index contributed by atoms with van der Waals surface area (Å²) in [7, 11) is 0. The molecule has 19 heavy (non-hydrogen) atoms. The number of anilines is 2. The molecule has 10 heteroatoms. The first-order valence-corrected chi connectivity index (χ1v) is 4.87. The molecule has 0 bridgehead atoms. The molecule has 0 fully saturated rings. The third kappa shape index (κ3) is 2.78. The predicted molar refractivity (Wildman–Crippen MR) is 57.4 cm³/mol. The lowest BCUT2D eigenvalue weighted by molar-refractivity contribution is -0.141. The Kier molecular flexibility index (Phi) is 3.07. The van der Waals surface area contributed by atoms with Gasteiger partial charge in [-0.25, -0.2) is 9.97 Å². The Morgan fingerprint density at radius 1 is 1.26 bits per heavy atom. The second kappa shape index (κ2) is 4.55. The molecule has 0 aromatic carbocycles. The summed E-state index contributed by atoms with van der Waals surface area (Å²) in [6, 6.07) is 0. The van der Waals surface area contributed by atoms with Crippen molar-refractivity contribution >= 4 is 17.5 Å². The molecule has 2 rings (SSSR count). The van der Waals surface area contributed by atoms with Crippen LogP contribution < -0.4 is 11.1 Å². The van der Waals surface area contributed by atoms with E-state index < -0.39 is 17.8 Å². The van der Waals surface area contributed by atoms with E-state index in [9.17, 15) is 18.0 Å². The molecule has 4 N–H and O–H groups in total. The van der Waals surface area contributed by atoms with Crippen LogP contribution in [0.5, 0.6) is 0 Å². The van der Waals surface area contributed by atoms with Gasteiger partial charge >= 0.3 is 6.18 Å². The van der Waals surface area contributed by atoms with Gasteiger partial charge in [-0.2, -0.15) is 18.3 Å². The van der Waals surface area contributed by atoms with Crippen LogP contribution in [-0.2, 0) is 6.18 Å². The van der Waals surface area contributed by atoms with E-state index in [4.69, 9.17) is 5.73 Å². The smallest absolute Gasteiger partial charge is 0.365 e. The SMILES string of the molecule is NC(=O)c1cn[nH]c1Nc1cnc(C(F)(F)F)cn1. The summed E-state index contributed by atoms with van der Waals surface area (Å²) in [5.41, 5.74) is 4.01. The number of carbonyl (C=O) groups excluding carboxylic acids is 1. The summed E-state index contributed by atoms with van der Waals surface area (Å²) < 4.78 is 36.8. The molecule has 0 aliphatic rings. The standard InChI is InChI=1S/C9H7F3N6O/c10-9(11,12)5-2-15-6(3-14-5)17-8-4(7(13)19)1-16-18-8/h1-3H,(H2,13,19)(H2,15,16,17,18). The molecule has 100 valence electrons. The van der Waals surface area contributed by atoms with Crippen molar-refractivity contribution < 1.29 is 18.0 Å². The zero-order chi connectivity index (χ0) is 14.0. The van der Waals surface area contributed by atoms with E-state index in [1.165, 1.54) is 6.20 Å². The first-order valence-electron chi connectivity index (χ1n) is 4.87. The Hall–Kier alpha value is -2.65. The van der Waals surface area contributed by atoms with Crippen molar-refractivity contribution in [3.8, 4) is 0 Å². The van der Waals surface area contributed by atoms with E-state index >= 15 is 0 Å². The van der Waals surface area contributed by atoms with E-state index in [1.54, 1.807) is 0 Å². The van der Waals surface area contributed by atoms with Crippen LogP contribution in [0.3, 0.4) is 0 Å². The third-order valence-electron chi connectivity index (χ3n) is 2.10. The molecule has 2 aromatic rings. The highest BCUT2D eigenvalue weighted by Crippen LogP contribution is 2.27. The maximum absolute atomic E-state index is 12.3. The molecular weight excluding hydrogens is 265 g/mol. The summed E-state index contributed by atoms with van der Waals surface area (Å²) >= 11 is 0. The van der Waals surface area contributed by atoms with Gasteiger partial charge in [0.2, 0.25) is 0 Å². The Morgan fingerprint density at radius 3 is 2.53 bits per heavy atom. The lowest BCUT2D eigenvalue weighted by Gasteiger charge is -2.07. The summed E-state index contributed by atoms with van der Waals surface area (Å²) in [5.74, 6) is -0.600. The van der Waals surface area contributed by atoms with Gasteiger partial charge in [-0.3, -0.25) is 9.89 Å². The summed E-state index contributed by atoms with van der Waals surface area (Å²) in [4.78, 5) is 17.7. The van der Waals surface area contributed by atoms with Crippen LogP contribution in [0.15, 0.2) is 18.6 Å². The minimum Gasteiger partial charge on any atom is -0.365 e. The number of carbonyl (C=O) groups is 1. The maximum Gasteiger partial charge on any atom is 0.434 e. The van der Waals surface area contributed by atoms with Crippen LogP contribution >= 0.6 is 0 Å². The maximum atomic E-state index is 12.3. The highest BCUT2D eigenvalue weighted by Gasteiger charge is 2.32. The molecule has 0 saturated heterocycles. The van der Waals surface area contributed by atoms with Crippen LogP contribution in [0.1, 0.15) is 16.1 Å². The number of hydrogen-bond donors (Lipinski definition) is 3. The van der Waals surface area contributed by atoms with Gasteiger partial charge in [0.15, 0.2) is 5.69 Å². The average Bonchev–Trinajstić information content (AvgIpc) is 2.77. The van der Waals surface area contributed by atoms with E-state index in [0.29, 0.717) is 6.20 Å². The Bertz CT molecular complexity index is 591. The number of aromatic amines is 1. The number of primary amides is 1. The monoisotopic (exact) mass is 272 g/mol. The van der Waals surface area contributed by atoms with Gasteiger partial charge in [0.25, 0.3) is 5.91 Å². The van der Waals surface area contributed by atoms with Crippen LogP contribution in [0.2, 0.25) is 0 Å². The van der Waals surface area contributed by atoms with Gasteiger partial charge in [-0.15, -0.1) is 0 Å². The second-order valence-electron chi connectivity index (χ2n) is 3.43. The van der Waals surface area contributed by atoms with Crippen LogP contribution in [0.4, 0.5) is 24.8 Å². The van der Waals surface area contributed by atoms with Gasteiger partial charge in [0.05, 0.1) is 18.6 Å². The van der Waals surface area contributed by atoms with Crippen molar-refractivity contribution in [2.45, 2.75) is 6.18 Å². The number of nitrogens with one attached hydrogen (secondary N) is 2. The zero-order valence-electron chi connectivity index (χ0n) is 9.19. The number of H-pyrrole nitrogens is 1. The van der Waals surface area contributed by atoms with Crippen molar-refractivity contribution in [2.24, 2.45) is 5.73 Å². The quantitative estimate of drug-likeness (QED) is 0.774. The van der Waals surface area contributed by atoms with Crippen molar-refractivity contribution in [2.75, 3.05) is 5.32 Å². The van der Waals surface area contributed by atoms with Crippen molar-refractivity contribution in [1.82, 2.24) is 20.2 Å². The predicted octanol–water partition coefficient (Wildman–Crippen LogP) is 1.06. The fraction of sp³-hybridized carbons (Fsp3) is 0.111. The number of halogens is 3. The average molecular weight is 272 g/mol. The number of nitrogens with zero attached hydrogens (tertiary/aromatic N) is 3. The fourth-order valence-corrected chi connectivity index (χ4v) is 1.24. The van der Waals surface area contributed by atoms with Gasteiger partial charge in [-0.05, 0) is 0 Å². The molecular formula is C9H7F3N6O. The lowest BCUT2D eigenvalue weighted by Crippen LogP contribution is -2.13. The van der Waals surface area contributed by atoms with Gasteiger partial charge in [0.1, 0.15) is 17.2 Å². The van der Waals surface area contributed by atoms with Crippen molar-refractivity contribution in [3.05, 3.63) is 29.8 Å². The first-order chi connectivity index (χ1) is 8.88. The topological polar surface area (TPSA) is 110 Å². The molecule has 0 atom stereocenters. The molecule has 0 unspecified atom stereocenters. The Labute approximate surface area is 104 Å². The minimum atomic E-state index is -4.56. The Morgan fingerprint density at radius 2 is 2.00 bits per heavy atom. The van der Waals surface area contributed by atoms with Crippen LogP contribution in [-0.4, -0.2) is 26.1 Å². The molecule has 1 amide bonds. The fourth-order valence-electron chi connectivity index (χ4n) is 1.24. The van der Waals surface area contributed by atoms with Crippen molar-refractivity contribution in [3.63, 3.8) is 0 Å². The normalized spacial score (nSPS) is 11.3. The van der Waals surface area contributed by atoms with E-state index in [-0.39, 0.29) is 17.2 Å². The van der Waals surface area contributed by atoms with Crippen molar-refractivity contribution in [1.29, 1.82) is 0 Å². The lowest BCUT2D eigenvalue weighted by atomic mass is 10.3. The number of amides is 1. The van der Waals surface area contributed by atoms with Crippen LogP contribution in [0.25, 0.3) is 0 Å². The summed E-state index contributed by atoms with van der Waals surface area (Å²) in [6.45, 7) is 0. The molecule has 2 aromatic heterocycles. The highest BCUT2D eigenvalue weighted by atomic mass is 19.4. The van der Waals surface area contributed by atoms with E-state index in [1.807, 2.05) is 0 Å². The van der Waals surface area contributed by atoms with Gasteiger partial charge in [-0.1, -0.05) is 0 Å². The van der Waals surface area contributed by atoms with Gasteiger partial charge < -0.3 is 11.1 Å². The number of nitrogens with two attached hydrogens (primary N) is 1. The molecule has 0 spiro atoms. The summed E-state index contributed by atoms with van der Waals surface area (Å²) in [6.07, 6.45) is -1.92. The largest absolute Gasteiger partial charge is 0.434 e. The molecule has 0 saturated carbocycles. The number of alkyl halides is 3. The van der Waals surface area contributed by atoms with E-state index in [0.717, 1.165) is 6.20 Å². The molecule has 0 radical (unpaired) electrons. The molecule has 0 aliphatic carbocycles. The first kappa shape index (κ1) is 12.8. The zero-order valence-corrected chi connectivity index (χ0v) is 9.19. The van der Waals surface area contributed by atoms with E-state index in [2.05, 4.69) is 25.5 Å². The number of rotatable bonds is 3. The molecule has 2 heterocycles.